The Labute approximate surface area is 383 Å². The molecule has 1 aromatic carbocycles. The molecule has 0 saturated heterocycles. The van der Waals surface area contributed by atoms with E-state index in [9.17, 15) is 14.4 Å². The third-order valence-electron chi connectivity index (χ3n) is 8.12. The molecule has 0 fully saturated rings. The molecule has 22 heteroatoms. The zero-order valence-corrected chi connectivity index (χ0v) is 38.6. The number of hydrogen-bond acceptors (Lipinski definition) is 19. The van der Waals surface area contributed by atoms with E-state index in [1.165, 1.54) is 6.33 Å². The first kappa shape index (κ1) is 57.1. The molecule has 0 saturated carbocycles. The number of nitrogens with zero attached hydrogens (tertiary/aromatic N) is 4. The van der Waals surface area contributed by atoms with Crippen molar-refractivity contribution in [1.29, 1.82) is 0 Å². The summed E-state index contributed by atoms with van der Waals surface area (Å²) in [6.45, 7) is 16.4. The van der Waals surface area contributed by atoms with Crippen LogP contribution in [0.2, 0.25) is 0 Å². The van der Waals surface area contributed by atoms with E-state index in [2.05, 4.69) is 36.3 Å². The van der Waals surface area contributed by atoms with Gasteiger partial charge in [-0.25, -0.2) is 4.79 Å². The Balaban J connectivity index is 1.18. The number of benzene rings is 1. The molecule has 1 aromatic heterocycles. The summed E-state index contributed by atoms with van der Waals surface area (Å²) in [5.41, 5.74) is 1.19. The molecular weight excluding hydrogens is 855 g/mol. The zero-order valence-electron chi connectivity index (χ0n) is 38.6. The van der Waals surface area contributed by atoms with Crippen molar-refractivity contribution in [3.05, 3.63) is 36.2 Å². The fourth-order valence-electron chi connectivity index (χ4n) is 4.98. The number of carbonyl (C=O) groups excluding carboxylic acids is 3. The number of hydrogen-bond donors (Lipinski definition) is 3. The molecule has 370 valence electrons. The van der Waals surface area contributed by atoms with Crippen molar-refractivity contribution < 1.29 is 71.2 Å². The molecule has 65 heavy (non-hydrogen) atoms. The van der Waals surface area contributed by atoms with Crippen molar-refractivity contribution in [1.82, 2.24) is 36.3 Å². The Bertz CT molecular complexity index is 1450. The van der Waals surface area contributed by atoms with Crippen LogP contribution in [-0.4, -0.2) is 202 Å². The summed E-state index contributed by atoms with van der Waals surface area (Å²) in [6, 6.07) is 7.44. The van der Waals surface area contributed by atoms with Crippen molar-refractivity contribution in [3.63, 3.8) is 0 Å². The van der Waals surface area contributed by atoms with Gasteiger partial charge in [-0.05, 0) is 32.8 Å². The highest BCUT2D eigenvalue weighted by Crippen LogP contribution is 2.13. The standard InChI is InChI=1S/C43H73N7O15/c1-43(2,3)65-42(53)45-12-14-55-16-18-57-20-22-59-24-26-61-28-30-63-32-34-64-33-31-62-29-27-60-25-23-58-21-19-56-17-15-54-13-11-44-39(51)5-4-6-40(52)46-35-37-7-9-38(10-8-37)41-49-47-36-48-50-41/h7-10,36H,4-6,11-35H2,1-3H3,(H,44,51)(H,45,53)(H,46,52). The van der Waals surface area contributed by atoms with Crippen LogP contribution in [0.3, 0.4) is 0 Å². The van der Waals surface area contributed by atoms with Crippen molar-refractivity contribution in [3.8, 4) is 11.4 Å². The van der Waals surface area contributed by atoms with E-state index in [1.54, 1.807) is 0 Å². The highest BCUT2D eigenvalue weighted by atomic mass is 16.6. The largest absolute Gasteiger partial charge is 0.444 e. The Kier molecular flexibility index (Phi) is 35.3. The van der Waals surface area contributed by atoms with Crippen LogP contribution in [0, 0.1) is 0 Å². The lowest BCUT2D eigenvalue weighted by Gasteiger charge is -2.19. The van der Waals surface area contributed by atoms with Crippen molar-refractivity contribution in [2.24, 2.45) is 0 Å². The zero-order chi connectivity index (χ0) is 46.7. The van der Waals surface area contributed by atoms with Crippen LogP contribution in [0.1, 0.15) is 45.6 Å². The average molecular weight is 928 g/mol. The topological polar surface area (TPSA) is 250 Å². The van der Waals surface area contributed by atoms with Gasteiger partial charge in [0.1, 0.15) is 5.60 Å². The maximum Gasteiger partial charge on any atom is 0.407 e. The first-order chi connectivity index (χ1) is 31.7. The number of carbonyl (C=O) groups is 3. The predicted octanol–water partition coefficient (Wildman–Crippen LogP) is 1.54. The molecular formula is C43H73N7O15. The van der Waals surface area contributed by atoms with Crippen LogP contribution in [0.5, 0.6) is 0 Å². The predicted molar refractivity (Wildman–Crippen MR) is 235 cm³/mol. The van der Waals surface area contributed by atoms with E-state index < -0.39 is 11.7 Å². The number of alkyl carbamates (subject to hydrolysis) is 1. The van der Waals surface area contributed by atoms with Crippen LogP contribution >= 0.6 is 0 Å². The monoisotopic (exact) mass is 928 g/mol. The molecule has 0 aliphatic carbocycles. The molecule has 3 N–H and O–H groups in total. The molecule has 3 amide bonds. The van der Waals surface area contributed by atoms with Crippen LogP contribution in [-0.2, 0) is 73.0 Å². The van der Waals surface area contributed by atoms with E-state index in [4.69, 9.17) is 56.8 Å². The number of rotatable bonds is 43. The third-order valence-corrected chi connectivity index (χ3v) is 8.12. The Morgan fingerprint density at radius 2 is 0.800 bits per heavy atom. The van der Waals surface area contributed by atoms with Crippen LogP contribution in [0.4, 0.5) is 4.79 Å². The molecule has 1 heterocycles. The first-order valence-corrected chi connectivity index (χ1v) is 22.2. The highest BCUT2D eigenvalue weighted by molar-refractivity contribution is 5.78. The maximum absolute atomic E-state index is 12.2. The minimum atomic E-state index is -0.522. The molecule has 0 atom stereocenters. The van der Waals surface area contributed by atoms with E-state index >= 15 is 0 Å². The Morgan fingerprint density at radius 3 is 1.17 bits per heavy atom. The minimum absolute atomic E-state index is 0.119. The van der Waals surface area contributed by atoms with E-state index in [0.29, 0.717) is 177 Å². The fourth-order valence-corrected chi connectivity index (χ4v) is 4.98. The summed E-state index contributed by atoms with van der Waals surface area (Å²) in [4.78, 5) is 35.8. The van der Waals surface area contributed by atoms with E-state index in [1.807, 2.05) is 45.0 Å². The second-order valence-electron chi connectivity index (χ2n) is 14.7. The maximum atomic E-state index is 12.2. The normalized spacial score (nSPS) is 11.4. The molecule has 0 bridgehead atoms. The lowest BCUT2D eigenvalue weighted by Crippen LogP contribution is -2.34. The lowest BCUT2D eigenvalue weighted by atomic mass is 10.1. The van der Waals surface area contributed by atoms with Gasteiger partial charge in [0.2, 0.25) is 17.6 Å². The molecule has 0 aliphatic rings. The van der Waals surface area contributed by atoms with Crippen molar-refractivity contribution >= 4 is 17.9 Å². The SMILES string of the molecule is CC(C)(C)OC(=O)NCCOCCOCCOCCOCCOCCOCCOCCOCCOCCOCCOCCNC(=O)CCCC(=O)NCc1ccc(-c2nncnn2)cc1. The van der Waals surface area contributed by atoms with Gasteiger partial charge in [-0.3, -0.25) is 9.59 Å². The number of nitrogens with one attached hydrogen (secondary N) is 3. The first-order valence-electron chi connectivity index (χ1n) is 22.2. The van der Waals surface area contributed by atoms with Crippen molar-refractivity contribution in [2.45, 2.75) is 52.2 Å². The Hall–Kier alpha value is -4.07. The summed E-state index contributed by atoms with van der Waals surface area (Å²) in [5, 5.41) is 23.6. The average Bonchev–Trinajstić information content (AvgIpc) is 3.29. The molecule has 2 rings (SSSR count). The van der Waals surface area contributed by atoms with Gasteiger partial charge in [0.25, 0.3) is 0 Å². The van der Waals surface area contributed by atoms with Crippen molar-refractivity contribution in [2.75, 3.05) is 158 Å². The molecule has 0 radical (unpaired) electrons. The summed E-state index contributed by atoms with van der Waals surface area (Å²) >= 11 is 0. The Morgan fingerprint density at radius 1 is 0.462 bits per heavy atom. The van der Waals surface area contributed by atoms with Gasteiger partial charge in [-0.2, -0.15) is 0 Å². The van der Waals surface area contributed by atoms with E-state index in [0.717, 1.165) is 11.1 Å². The molecule has 22 nitrogen and oxygen atoms in total. The number of amides is 3. The smallest absolute Gasteiger partial charge is 0.407 e. The van der Waals surface area contributed by atoms with Gasteiger partial charge in [0.15, 0.2) is 6.33 Å². The lowest BCUT2D eigenvalue weighted by molar-refractivity contribution is -0.122. The quantitative estimate of drug-likeness (QED) is 0.0798. The molecule has 0 unspecified atom stereocenters. The van der Waals surface area contributed by atoms with Gasteiger partial charge in [0, 0.05) is 38.0 Å². The highest BCUT2D eigenvalue weighted by Gasteiger charge is 2.15. The second kappa shape index (κ2) is 40.2. The second-order valence-corrected chi connectivity index (χ2v) is 14.7. The fraction of sp³-hybridized carbons (Fsp3) is 0.744. The third kappa shape index (κ3) is 36.8. The van der Waals surface area contributed by atoms with Gasteiger partial charge in [-0.1, -0.05) is 24.3 Å². The van der Waals surface area contributed by atoms with E-state index in [-0.39, 0.29) is 24.7 Å². The summed E-state index contributed by atoms with van der Waals surface area (Å²) < 4.78 is 65.4. The number of aromatic nitrogens is 4. The molecule has 0 aliphatic heterocycles. The summed E-state index contributed by atoms with van der Waals surface area (Å²) in [5.74, 6) is 0.188. The minimum Gasteiger partial charge on any atom is -0.444 e. The summed E-state index contributed by atoms with van der Waals surface area (Å²) in [6.07, 6.45) is 1.78. The van der Waals surface area contributed by atoms with Crippen LogP contribution in [0.25, 0.3) is 11.4 Å². The van der Waals surface area contributed by atoms with Gasteiger partial charge in [0.05, 0.1) is 145 Å². The molecule has 2 aromatic rings. The van der Waals surface area contributed by atoms with Crippen LogP contribution < -0.4 is 16.0 Å². The number of ether oxygens (including phenoxy) is 12. The van der Waals surface area contributed by atoms with Gasteiger partial charge in [-0.15, -0.1) is 20.4 Å². The van der Waals surface area contributed by atoms with Gasteiger partial charge < -0.3 is 72.8 Å². The van der Waals surface area contributed by atoms with Gasteiger partial charge >= 0.3 is 6.09 Å². The van der Waals surface area contributed by atoms with Crippen LogP contribution in [0.15, 0.2) is 30.6 Å². The summed E-state index contributed by atoms with van der Waals surface area (Å²) in [7, 11) is 0. The molecule has 0 spiro atoms.